The number of fused-ring (bicyclic) bond motifs is 3. The maximum Gasteiger partial charge on any atom is 0.303 e. The molecule has 268 valence electrons. The topological polar surface area (TPSA) is 125 Å². The molecule has 3 aliphatic carbocycles. The van der Waals surface area contributed by atoms with Gasteiger partial charge in [0.15, 0.2) is 6.10 Å². The smallest absolute Gasteiger partial charge is 0.303 e. The standard InChI is InChI=1S/C39H58O9/c1-12-29-15-13-14-16-30(29)22(2)21-39(44)23(3)17-19-36(9)31(39)18-20-37(10)33(36)32(46-26(6)41)34(47-27(7)42)38(11,24(4)45-25(5)40)35(37)48-28(8)43/h13-16,22-24,31-35,44H,12,17-21H2,1-11H3/t22-,23-,24+,31+,32-,33+,34-,35-,36-,37+,38-,39-/m0/s1. The van der Waals surface area contributed by atoms with Gasteiger partial charge in [-0.25, -0.2) is 0 Å². The fraction of sp³-hybridized carbons (Fsp3) is 0.744. The van der Waals surface area contributed by atoms with Crippen molar-refractivity contribution in [1.29, 1.82) is 0 Å². The molecule has 0 radical (unpaired) electrons. The highest BCUT2D eigenvalue weighted by molar-refractivity contribution is 5.69. The van der Waals surface area contributed by atoms with Crippen LogP contribution in [-0.2, 0) is 44.5 Å². The predicted molar refractivity (Wildman–Crippen MR) is 181 cm³/mol. The van der Waals surface area contributed by atoms with E-state index in [-0.39, 0.29) is 17.8 Å². The summed E-state index contributed by atoms with van der Waals surface area (Å²) in [5.41, 5.74) is -1.24. The molecule has 4 rings (SSSR count). The maximum absolute atomic E-state index is 13.0. The molecular formula is C39H58O9. The van der Waals surface area contributed by atoms with Gasteiger partial charge in [0, 0.05) is 39.0 Å². The number of benzene rings is 1. The second kappa shape index (κ2) is 13.8. The molecule has 0 aliphatic heterocycles. The van der Waals surface area contributed by atoms with E-state index >= 15 is 0 Å². The molecule has 9 heteroatoms. The monoisotopic (exact) mass is 670 g/mol. The Kier molecular flexibility index (Phi) is 10.9. The summed E-state index contributed by atoms with van der Waals surface area (Å²) in [6.45, 7) is 19.5. The zero-order chi connectivity index (χ0) is 36.0. The van der Waals surface area contributed by atoms with Crippen LogP contribution in [0.15, 0.2) is 24.3 Å². The van der Waals surface area contributed by atoms with Crippen molar-refractivity contribution in [3.05, 3.63) is 35.4 Å². The van der Waals surface area contributed by atoms with Gasteiger partial charge >= 0.3 is 23.9 Å². The van der Waals surface area contributed by atoms with Gasteiger partial charge in [-0.05, 0) is 86.7 Å². The lowest BCUT2D eigenvalue weighted by atomic mass is 9.37. The largest absolute Gasteiger partial charge is 0.462 e. The number of aryl methyl sites for hydroxylation is 1. The third kappa shape index (κ3) is 6.40. The van der Waals surface area contributed by atoms with E-state index in [1.807, 2.05) is 0 Å². The van der Waals surface area contributed by atoms with Gasteiger partial charge in [0.05, 0.1) is 11.0 Å². The first-order valence-electron chi connectivity index (χ1n) is 17.8. The van der Waals surface area contributed by atoms with Gasteiger partial charge in [-0.2, -0.15) is 0 Å². The van der Waals surface area contributed by atoms with E-state index in [0.29, 0.717) is 19.3 Å². The van der Waals surface area contributed by atoms with Crippen LogP contribution in [0.25, 0.3) is 0 Å². The van der Waals surface area contributed by atoms with Crippen molar-refractivity contribution in [2.75, 3.05) is 0 Å². The van der Waals surface area contributed by atoms with E-state index in [2.05, 4.69) is 58.9 Å². The van der Waals surface area contributed by atoms with E-state index < -0.39 is 76.1 Å². The lowest BCUT2D eigenvalue weighted by Crippen LogP contribution is -2.76. The van der Waals surface area contributed by atoms with Gasteiger partial charge in [0.1, 0.15) is 18.3 Å². The van der Waals surface area contributed by atoms with Crippen LogP contribution in [0.2, 0.25) is 0 Å². The number of aliphatic hydroxyl groups is 1. The van der Waals surface area contributed by atoms with Crippen LogP contribution in [-0.4, -0.2) is 59.0 Å². The summed E-state index contributed by atoms with van der Waals surface area (Å²) >= 11 is 0. The molecule has 1 N–H and O–H groups in total. The minimum atomic E-state index is -1.28. The van der Waals surface area contributed by atoms with Crippen LogP contribution in [0.3, 0.4) is 0 Å². The van der Waals surface area contributed by atoms with Crippen LogP contribution in [0, 0.1) is 34.0 Å². The Bertz CT molecular complexity index is 1390. The van der Waals surface area contributed by atoms with E-state index in [1.165, 1.54) is 38.8 Å². The molecule has 12 atom stereocenters. The molecule has 0 amide bonds. The van der Waals surface area contributed by atoms with Crippen molar-refractivity contribution in [3.8, 4) is 0 Å². The third-order valence-electron chi connectivity index (χ3n) is 12.9. The normalized spacial score (nSPS) is 38.8. The Morgan fingerprint density at radius 1 is 0.854 bits per heavy atom. The summed E-state index contributed by atoms with van der Waals surface area (Å²) in [4.78, 5) is 51.1. The van der Waals surface area contributed by atoms with Crippen LogP contribution in [0.5, 0.6) is 0 Å². The molecule has 0 unspecified atom stereocenters. The SMILES string of the molecule is CCc1ccccc1[C@@H](C)C[C@@]1(O)[C@@H]2CC[C@]3(C)[C@H]([C@H](OC(C)=O)[C@H](OC(C)=O)[C@](C)([C@@H](C)OC(C)=O)[C@H]3OC(C)=O)[C@@]2(C)CC[C@@H]1C. The Morgan fingerprint density at radius 3 is 2.00 bits per heavy atom. The van der Waals surface area contributed by atoms with Gasteiger partial charge in [-0.3, -0.25) is 19.2 Å². The first-order valence-corrected chi connectivity index (χ1v) is 17.8. The quantitative estimate of drug-likeness (QED) is 0.225. The van der Waals surface area contributed by atoms with E-state index in [1.54, 1.807) is 13.8 Å². The Labute approximate surface area is 286 Å². The minimum Gasteiger partial charge on any atom is -0.462 e. The van der Waals surface area contributed by atoms with Gasteiger partial charge in [0.2, 0.25) is 0 Å². The van der Waals surface area contributed by atoms with E-state index in [0.717, 1.165) is 19.3 Å². The molecule has 0 heterocycles. The Hall–Kier alpha value is -2.94. The lowest BCUT2D eigenvalue weighted by molar-refractivity contribution is -0.317. The summed E-state index contributed by atoms with van der Waals surface area (Å²) in [5, 5.41) is 13.0. The zero-order valence-electron chi connectivity index (χ0n) is 30.9. The maximum atomic E-state index is 13.0. The highest BCUT2D eigenvalue weighted by Crippen LogP contribution is 2.71. The average Bonchev–Trinajstić information content (AvgIpc) is 2.98. The number of hydrogen-bond donors (Lipinski definition) is 1. The van der Waals surface area contributed by atoms with E-state index in [9.17, 15) is 24.3 Å². The van der Waals surface area contributed by atoms with Crippen molar-refractivity contribution in [2.45, 2.75) is 151 Å². The summed E-state index contributed by atoms with van der Waals surface area (Å²) in [7, 11) is 0. The molecule has 48 heavy (non-hydrogen) atoms. The number of ether oxygens (including phenoxy) is 4. The van der Waals surface area contributed by atoms with Gasteiger partial charge in [-0.15, -0.1) is 0 Å². The summed E-state index contributed by atoms with van der Waals surface area (Å²) in [6, 6.07) is 8.42. The van der Waals surface area contributed by atoms with Crippen molar-refractivity contribution in [1.82, 2.24) is 0 Å². The highest BCUT2D eigenvalue weighted by atomic mass is 16.6. The lowest BCUT2D eigenvalue weighted by Gasteiger charge is -2.70. The first-order chi connectivity index (χ1) is 22.3. The predicted octanol–water partition coefficient (Wildman–Crippen LogP) is 6.71. The van der Waals surface area contributed by atoms with Crippen LogP contribution in [0.4, 0.5) is 0 Å². The van der Waals surface area contributed by atoms with Gasteiger partial charge in [-0.1, -0.05) is 58.9 Å². The zero-order valence-corrected chi connectivity index (χ0v) is 30.9. The number of carbonyl (C=O) groups excluding carboxylic acids is 4. The number of hydrogen-bond acceptors (Lipinski definition) is 9. The molecule has 0 aromatic heterocycles. The molecule has 0 spiro atoms. The fourth-order valence-corrected chi connectivity index (χ4v) is 10.8. The Morgan fingerprint density at radius 2 is 1.44 bits per heavy atom. The number of rotatable bonds is 9. The number of esters is 4. The molecule has 9 nitrogen and oxygen atoms in total. The van der Waals surface area contributed by atoms with Crippen molar-refractivity contribution < 1.29 is 43.2 Å². The molecule has 1 aromatic carbocycles. The van der Waals surface area contributed by atoms with Gasteiger partial charge < -0.3 is 24.1 Å². The summed E-state index contributed by atoms with van der Waals surface area (Å²) < 4.78 is 24.4. The van der Waals surface area contributed by atoms with Crippen LogP contribution in [0.1, 0.15) is 125 Å². The van der Waals surface area contributed by atoms with Crippen molar-refractivity contribution >= 4 is 23.9 Å². The molecule has 3 saturated carbocycles. The second-order valence-corrected chi connectivity index (χ2v) is 15.9. The van der Waals surface area contributed by atoms with Crippen molar-refractivity contribution in [2.24, 2.45) is 34.0 Å². The fourth-order valence-electron chi connectivity index (χ4n) is 10.8. The minimum absolute atomic E-state index is 0.00900. The molecule has 3 aliphatic rings. The van der Waals surface area contributed by atoms with Crippen LogP contribution >= 0.6 is 0 Å². The molecule has 0 saturated heterocycles. The molecule has 0 bridgehead atoms. The first kappa shape index (κ1) is 37.9. The molecular weight excluding hydrogens is 612 g/mol. The second-order valence-electron chi connectivity index (χ2n) is 15.9. The molecule has 3 fully saturated rings. The summed E-state index contributed by atoms with van der Waals surface area (Å²) in [5.74, 6) is -2.75. The van der Waals surface area contributed by atoms with E-state index in [4.69, 9.17) is 18.9 Å². The average molecular weight is 671 g/mol. The van der Waals surface area contributed by atoms with Gasteiger partial charge in [0.25, 0.3) is 0 Å². The third-order valence-corrected chi connectivity index (χ3v) is 12.9. The molecule has 1 aromatic rings. The van der Waals surface area contributed by atoms with Crippen LogP contribution < -0.4 is 0 Å². The number of carbonyl (C=O) groups is 4. The van der Waals surface area contributed by atoms with Crippen molar-refractivity contribution in [3.63, 3.8) is 0 Å². The Balaban J connectivity index is 1.93. The highest BCUT2D eigenvalue weighted by Gasteiger charge is 2.75. The summed E-state index contributed by atoms with van der Waals surface area (Å²) in [6.07, 6.45) is 0.285.